The predicted octanol–water partition coefficient (Wildman–Crippen LogP) is 0.630. The molecule has 1 heterocycles. The maximum Gasteiger partial charge on any atom is 0.307 e. The van der Waals surface area contributed by atoms with Crippen molar-refractivity contribution in [2.45, 2.75) is 13.3 Å². The normalized spacial score (nSPS) is 20.0. The van der Waals surface area contributed by atoms with Crippen LogP contribution in [0.25, 0.3) is 5.69 Å². The van der Waals surface area contributed by atoms with E-state index in [1.807, 2.05) is 6.07 Å². The molecule has 0 bridgehead atoms. The number of nitrogens with one attached hydrogen (secondary N) is 1. The number of benzene rings is 1. The summed E-state index contributed by atoms with van der Waals surface area (Å²) in [4.78, 5) is 22.7. The molecule has 2 N–H and O–H groups in total. The van der Waals surface area contributed by atoms with E-state index in [1.165, 1.54) is 0 Å². The molecular formula is C13H13N5O3. The highest BCUT2D eigenvalue weighted by atomic mass is 16.4. The number of aromatic nitrogens is 4. The number of carbonyl (C=O) groups excluding carboxylic acids is 1. The van der Waals surface area contributed by atoms with Crippen LogP contribution in [0, 0.1) is 18.8 Å². The number of carboxylic acids is 1. The van der Waals surface area contributed by atoms with E-state index in [0.717, 1.165) is 5.69 Å². The molecule has 1 amide bonds. The zero-order valence-corrected chi connectivity index (χ0v) is 11.2. The van der Waals surface area contributed by atoms with Crippen molar-refractivity contribution in [3.8, 4) is 5.69 Å². The third kappa shape index (κ3) is 2.60. The van der Waals surface area contributed by atoms with Gasteiger partial charge in [0, 0.05) is 5.69 Å². The maximum atomic E-state index is 11.9. The van der Waals surface area contributed by atoms with Crippen molar-refractivity contribution in [2.75, 3.05) is 5.32 Å². The van der Waals surface area contributed by atoms with Gasteiger partial charge in [-0.25, -0.2) is 0 Å². The second-order valence-corrected chi connectivity index (χ2v) is 4.96. The van der Waals surface area contributed by atoms with Crippen LogP contribution in [-0.4, -0.2) is 37.2 Å². The lowest BCUT2D eigenvalue weighted by Crippen LogP contribution is -2.17. The molecule has 1 fully saturated rings. The van der Waals surface area contributed by atoms with Crippen molar-refractivity contribution >= 4 is 17.6 Å². The van der Waals surface area contributed by atoms with Crippen molar-refractivity contribution in [3.05, 3.63) is 30.1 Å². The lowest BCUT2D eigenvalue weighted by atomic mass is 10.2. The minimum Gasteiger partial charge on any atom is -0.481 e. The van der Waals surface area contributed by atoms with Crippen LogP contribution in [-0.2, 0) is 9.59 Å². The summed E-state index contributed by atoms with van der Waals surface area (Å²) in [5.41, 5.74) is 1.31. The summed E-state index contributed by atoms with van der Waals surface area (Å²) < 4.78 is 1.55. The van der Waals surface area contributed by atoms with Gasteiger partial charge in [-0.3, -0.25) is 9.59 Å². The van der Waals surface area contributed by atoms with Crippen LogP contribution < -0.4 is 5.32 Å². The molecule has 2 atom stereocenters. The second-order valence-electron chi connectivity index (χ2n) is 4.96. The highest BCUT2D eigenvalue weighted by molar-refractivity contribution is 5.98. The molecule has 1 saturated carbocycles. The fraction of sp³-hybridized carbons (Fsp3) is 0.308. The standard InChI is InChI=1S/C13H13N5O3/c1-7-15-16-17-18(7)9-4-2-3-8(5-9)14-12(19)10-6-11(10)13(20)21/h2-5,10-11H,6H2,1H3,(H,14,19)(H,20,21)/t10-,11+/m1/s1. The molecule has 8 nitrogen and oxygen atoms in total. The Kier molecular flexibility index (Phi) is 3.13. The van der Waals surface area contributed by atoms with E-state index in [0.29, 0.717) is 17.9 Å². The van der Waals surface area contributed by atoms with Crippen molar-refractivity contribution in [1.29, 1.82) is 0 Å². The van der Waals surface area contributed by atoms with Crippen molar-refractivity contribution in [1.82, 2.24) is 20.2 Å². The fourth-order valence-corrected chi connectivity index (χ4v) is 2.18. The number of hydrogen-bond donors (Lipinski definition) is 2. The number of aryl methyl sites for hydroxylation is 1. The molecule has 0 aliphatic heterocycles. The van der Waals surface area contributed by atoms with Crippen LogP contribution in [0.1, 0.15) is 12.2 Å². The second kappa shape index (κ2) is 4.97. The third-order valence-corrected chi connectivity index (χ3v) is 3.43. The van der Waals surface area contributed by atoms with Gasteiger partial charge in [0.25, 0.3) is 0 Å². The lowest BCUT2D eigenvalue weighted by Gasteiger charge is -2.07. The zero-order valence-electron chi connectivity index (χ0n) is 11.2. The first-order valence-electron chi connectivity index (χ1n) is 6.45. The number of amides is 1. The summed E-state index contributed by atoms with van der Waals surface area (Å²) in [6, 6.07) is 7.06. The van der Waals surface area contributed by atoms with Gasteiger partial charge in [-0.15, -0.1) is 5.10 Å². The Morgan fingerprint density at radius 2 is 2.19 bits per heavy atom. The molecular weight excluding hydrogens is 274 g/mol. The Labute approximate surface area is 119 Å². The minimum absolute atomic E-state index is 0.270. The van der Waals surface area contributed by atoms with Gasteiger partial charge in [0.2, 0.25) is 5.91 Å². The highest BCUT2D eigenvalue weighted by Crippen LogP contribution is 2.39. The number of carboxylic acid groups (broad SMARTS) is 1. The molecule has 0 unspecified atom stereocenters. The molecule has 0 radical (unpaired) electrons. The Bertz CT molecular complexity index is 711. The first-order valence-corrected chi connectivity index (χ1v) is 6.45. The van der Waals surface area contributed by atoms with Crippen molar-refractivity contribution in [2.24, 2.45) is 11.8 Å². The van der Waals surface area contributed by atoms with Gasteiger partial charge >= 0.3 is 5.97 Å². The number of anilines is 1. The molecule has 3 rings (SSSR count). The average Bonchev–Trinajstić information content (AvgIpc) is 3.15. The lowest BCUT2D eigenvalue weighted by molar-refractivity contribution is -0.139. The van der Waals surface area contributed by atoms with E-state index in [-0.39, 0.29) is 5.91 Å². The molecule has 0 saturated heterocycles. The molecule has 1 aromatic heterocycles. The molecule has 1 aromatic carbocycles. The van der Waals surface area contributed by atoms with Gasteiger partial charge in [0.15, 0.2) is 5.82 Å². The van der Waals surface area contributed by atoms with E-state index < -0.39 is 17.8 Å². The van der Waals surface area contributed by atoms with Crippen LogP contribution in [0.5, 0.6) is 0 Å². The minimum atomic E-state index is -0.923. The summed E-state index contributed by atoms with van der Waals surface area (Å²) in [6.07, 6.45) is 0.396. The van der Waals surface area contributed by atoms with Gasteiger partial charge < -0.3 is 10.4 Å². The van der Waals surface area contributed by atoms with Crippen LogP contribution in [0.3, 0.4) is 0 Å². The molecule has 2 aromatic rings. The molecule has 1 aliphatic carbocycles. The molecule has 21 heavy (non-hydrogen) atoms. The van der Waals surface area contributed by atoms with Gasteiger partial charge in [0.05, 0.1) is 17.5 Å². The fourth-order valence-electron chi connectivity index (χ4n) is 2.18. The quantitative estimate of drug-likeness (QED) is 0.853. The third-order valence-electron chi connectivity index (χ3n) is 3.43. The SMILES string of the molecule is Cc1nnnn1-c1cccc(NC(=O)[C@@H]2C[C@@H]2C(=O)O)c1. The first-order chi connectivity index (χ1) is 10.1. The first kappa shape index (κ1) is 13.2. The largest absolute Gasteiger partial charge is 0.481 e. The number of rotatable bonds is 4. The molecule has 108 valence electrons. The molecule has 0 spiro atoms. The van der Waals surface area contributed by atoms with Crippen LogP contribution in [0.2, 0.25) is 0 Å². The van der Waals surface area contributed by atoms with Gasteiger partial charge in [0.1, 0.15) is 0 Å². The summed E-state index contributed by atoms with van der Waals surface area (Å²) in [7, 11) is 0. The van der Waals surface area contributed by atoms with E-state index in [4.69, 9.17) is 5.11 Å². The summed E-state index contributed by atoms with van der Waals surface area (Å²) in [5, 5.41) is 22.8. The number of carbonyl (C=O) groups is 2. The van der Waals surface area contributed by atoms with Crippen LogP contribution in [0.15, 0.2) is 24.3 Å². The summed E-state index contributed by atoms with van der Waals surface area (Å²) >= 11 is 0. The Balaban J connectivity index is 1.74. The molecule has 1 aliphatic rings. The summed E-state index contributed by atoms with van der Waals surface area (Å²) in [5.74, 6) is -1.57. The van der Waals surface area contributed by atoms with Crippen molar-refractivity contribution in [3.63, 3.8) is 0 Å². The highest BCUT2D eigenvalue weighted by Gasteiger charge is 2.48. The topological polar surface area (TPSA) is 110 Å². The number of hydrogen-bond acceptors (Lipinski definition) is 5. The van der Waals surface area contributed by atoms with Gasteiger partial charge in [-0.1, -0.05) is 6.07 Å². The zero-order chi connectivity index (χ0) is 15.0. The monoisotopic (exact) mass is 287 g/mol. The Hall–Kier alpha value is -2.77. The Morgan fingerprint density at radius 1 is 1.38 bits per heavy atom. The molecule has 8 heteroatoms. The Morgan fingerprint density at radius 3 is 2.81 bits per heavy atom. The van der Waals surface area contributed by atoms with Crippen LogP contribution >= 0.6 is 0 Å². The van der Waals surface area contributed by atoms with E-state index in [9.17, 15) is 9.59 Å². The smallest absolute Gasteiger partial charge is 0.307 e. The van der Waals surface area contributed by atoms with Gasteiger partial charge in [-0.2, -0.15) is 4.68 Å². The van der Waals surface area contributed by atoms with Gasteiger partial charge in [-0.05, 0) is 42.0 Å². The van der Waals surface area contributed by atoms with Crippen LogP contribution in [0.4, 0.5) is 5.69 Å². The van der Waals surface area contributed by atoms with E-state index in [1.54, 1.807) is 29.8 Å². The average molecular weight is 287 g/mol. The van der Waals surface area contributed by atoms with Crippen molar-refractivity contribution < 1.29 is 14.7 Å². The summed E-state index contributed by atoms with van der Waals surface area (Å²) in [6.45, 7) is 1.77. The number of nitrogens with zero attached hydrogens (tertiary/aromatic N) is 4. The number of tetrazole rings is 1. The predicted molar refractivity (Wildman–Crippen MR) is 71.8 cm³/mol. The van der Waals surface area contributed by atoms with E-state index >= 15 is 0 Å². The maximum absolute atomic E-state index is 11.9. The number of aliphatic carboxylic acids is 1. The van der Waals surface area contributed by atoms with E-state index in [2.05, 4.69) is 20.8 Å².